The first-order valence-electron chi connectivity index (χ1n) is 5.20. The van der Waals surface area contributed by atoms with Crippen molar-refractivity contribution >= 4 is 17.7 Å². The van der Waals surface area contributed by atoms with Crippen LogP contribution < -0.4 is 0 Å². The number of nitrogens with zero attached hydrogens (tertiary/aromatic N) is 2. The van der Waals surface area contributed by atoms with E-state index in [2.05, 4.69) is 16.9 Å². The molecule has 2 heterocycles. The van der Waals surface area contributed by atoms with Crippen LogP contribution in [0.4, 0.5) is 0 Å². The number of hydrogen-bond acceptors (Lipinski definition) is 4. The Balaban J connectivity index is 2.12. The summed E-state index contributed by atoms with van der Waals surface area (Å²) in [6, 6.07) is 3.27. The SMILES string of the molecule is CN1CCC(Sc2ncccc2C(=O)O)C1. The van der Waals surface area contributed by atoms with E-state index in [1.165, 1.54) is 0 Å². The van der Waals surface area contributed by atoms with E-state index in [1.54, 1.807) is 30.1 Å². The van der Waals surface area contributed by atoms with Crippen molar-refractivity contribution in [2.24, 2.45) is 0 Å². The van der Waals surface area contributed by atoms with Crippen molar-refractivity contribution in [3.8, 4) is 0 Å². The predicted octanol–water partition coefficient (Wildman–Crippen LogP) is 1.58. The first kappa shape index (κ1) is 11.4. The van der Waals surface area contributed by atoms with Crippen molar-refractivity contribution in [2.75, 3.05) is 20.1 Å². The predicted molar refractivity (Wildman–Crippen MR) is 63.0 cm³/mol. The maximum Gasteiger partial charge on any atom is 0.338 e. The van der Waals surface area contributed by atoms with Crippen LogP contribution in [-0.4, -0.2) is 46.3 Å². The summed E-state index contributed by atoms with van der Waals surface area (Å²) in [6.45, 7) is 2.08. The number of carbonyl (C=O) groups is 1. The van der Waals surface area contributed by atoms with Gasteiger partial charge in [0.25, 0.3) is 0 Å². The summed E-state index contributed by atoms with van der Waals surface area (Å²) in [5, 5.41) is 10.1. The van der Waals surface area contributed by atoms with Gasteiger partial charge >= 0.3 is 5.97 Å². The fourth-order valence-corrected chi connectivity index (χ4v) is 3.07. The summed E-state index contributed by atoms with van der Waals surface area (Å²) in [6.07, 6.45) is 2.74. The van der Waals surface area contributed by atoms with Crippen LogP contribution in [0, 0.1) is 0 Å². The highest BCUT2D eigenvalue weighted by atomic mass is 32.2. The van der Waals surface area contributed by atoms with Crippen LogP contribution in [0.1, 0.15) is 16.8 Å². The monoisotopic (exact) mass is 238 g/mol. The van der Waals surface area contributed by atoms with E-state index in [0.29, 0.717) is 15.8 Å². The summed E-state index contributed by atoms with van der Waals surface area (Å²) in [7, 11) is 2.08. The fourth-order valence-electron chi connectivity index (χ4n) is 1.80. The van der Waals surface area contributed by atoms with E-state index >= 15 is 0 Å². The molecule has 5 heteroatoms. The minimum atomic E-state index is -0.901. The molecular formula is C11H14N2O2S. The van der Waals surface area contributed by atoms with E-state index in [4.69, 9.17) is 5.11 Å². The number of likely N-dealkylation sites (tertiary alicyclic amines) is 1. The second kappa shape index (κ2) is 4.84. The second-order valence-corrected chi connectivity index (χ2v) is 5.24. The maximum atomic E-state index is 11.0. The van der Waals surface area contributed by atoms with E-state index in [1.807, 2.05) is 0 Å². The van der Waals surface area contributed by atoms with Crippen LogP contribution in [0.3, 0.4) is 0 Å². The van der Waals surface area contributed by atoms with Crippen molar-refractivity contribution in [3.63, 3.8) is 0 Å². The van der Waals surface area contributed by atoms with Gasteiger partial charge < -0.3 is 10.0 Å². The summed E-state index contributed by atoms with van der Waals surface area (Å²) in [4.78, 5) is 17.4. The molecule has 0 amide bonds. The molecule has 1 saturated heterocycles. The van der Waals surface area contributed by atoms with Gasteiger partial charge in [-0.15, -0.1) is 11.8 Å². The van der Waals surface area contributed by atoms with Crippen LogP contribution in [0.2, 0.25) is 0 Å². The Labute approximate surface area is 98.7 Å². The van der Waals surface area contributed by atoms with Crippen molar-refractivity contribution in [1.29, 1.82) is 0 Å². The third kappa shape index (κ3) is 2.54. The summed E-state index contributed by atoms with van der Waals surface area (Å²) in [5.41, 5.74) is 0.307. The lowest BCUT2D eigenvalue weighted by atomic mass is 10.3. The molecule has 0 aromatic carbocycles. The molecule has 1 aromatic heterocycles. The fraction of sp³-hybridized carbons (Fsp3) is 0.455. The molecule has 1 aliphatic rings. The molecule has 1 fully saturated rings. The molecule has 0 saturated carbocycles. The molecule has 0 bridgehead atoms. The Morgan fingerprint density at radius 2 is 2.50 bits per heavy atom. The van der Waals surface area contributed by atoms with Gasteiger partial charge in [-0.05, 0) is 32.1 Å². The first-order chi connectivity index (χ1) is 7.66. The number of thioether (sulfide) groups is 1. The highest BCUT2D eigenvalue weighted by Crippen LogP contribution is 2.29. The third-order valence-electron chi connectivity index (χ3n) is 2.63. The summed E-state index contributed by atoms with van der Waals surface area (Å²) >= 11 is 1.58. The number of carboxylic acids is 1. The topological polar surface area (TPSA) is 53.4 Å². The average molecular weight is 238 g/mol. The largest absolute Gasteiger partial charge is 0.478 e. The number of aromatic nitrogens is 1. The van der Waals surface area contributed by atoms with Gasteiger partial charge in [0.1, 0.15) is 5.03 Å². The van der Waals surface area contributed by atoms with Crippen molar-refractivity contribution in [2.45, 2.75) is 16.7 Å². The van der Waals surface area contributed by atoms with Gasteiger partial charge in [-0.2, -0.15) is 0 Å². The standard InChI is InChI=1S/C11H14N2O2S/c1-13-6-4-8(7-13)16-10-9(11(14)15)3-2-5-12-10/h2-3,5,8H,4,6-7H2,1H3,(H,14,15). The lowest BCUT2D eigenvalue weighted by molar-refractivity contribution is 0.0692. The minimum Gasteiger partial charge on any atom is -0.478 e. The average Bonchev–Trinajstić information content (AvgIpc) is 2.64. The van der Waals surface area contributed by atoms with Crippen LogP contribution in [0.5, 0.6) is 0 Å². The molecule has 0 spiro atoms. The Morgan fingerprint density at radius 3 is 3.12 bits per heavy atom. The molecule has 1 aliphatic heterocycles. The molecule has 0 radical (unpaired) electrons. The van der Waals surface area contributed by atoms with E-state index < -0.39 is 5.97 Å². The number of pyridine rings is 1. The Morgan fingerprint density at radius 1 is 1.69 bits per heavy atom. The van der Waals surface area contributed by atoms with Crippen LogP contribution in [0.15, 0.2) is 23.4 Å². The number of carboxylic acid groups (broad SMARTS) is 1. The van der Waals surface area contributed by atoms with Crippen LogP contribution in [-0.2, 0) is 0 Å². The number of aromatic carboxylic acids is 1. The zero-order chi connectivity index (χ0) is 11.5. The van der Waals surface area contributed by atoms with Gasteiger partial charge in [-0.3, -0.25) is 0 Å². The van der Waals surface area contributed by atoms with E-state index in [-0.39, 0.29) is 0 Å². The highest BCUT2D eigenvalue weighted by Gasteiger charge is 2.23. The van der Waals surface area contributed by atoms with Gasteiger partial charge in [0.15, 0.2) is 0 Å². The second-order valence-electron chi connectivity index (χ2n) is 3.95. The quantitative estimate of drug-likeness (QED) is 0.866. The lowest BCUT2D eigenvalue weighted by Crippen LogP contribution is -2.15. The number of hydrogen-bond donors (Lipinski definition) is 1. The third-order valence-corrected chi connectivity index (χ3v) is 3.89. The van der Waals surface area contributed by atoms with Gasteiger partial charge in [0.2, 0.25) is 0 Å². The summed E-state index contributed by atoms with van der Waals surface area (Å²) in [5.74, 6) is -0.901. The molecule has 86 valence electrons. The van der Waals surface area contributed by atoms with Gasteiger partial charge in [-0.1, -0.05) is 0 Å². The number of rotatable bonds is 3. The zero-order valence-electron chi connectivity index (χ0n) is 9.09. The molecule has 1 atom stereocenters. The molecular weight excluding hydrogens is 224 g/mol. The molecule has 1 aromatic rings. The maximum absolute atomic E-state index is 11.0. The Kier molecular flexibility index (Phi) is 3.46. The molecule has 16 heavy (non-hydrogen) atoms. The minimum absolute atomic E-state index is 0.307. The van der Waals surface area contributed by atoms with Crippen molar-refractivity contribution in [1.82, 2.24) is 9.88 Å². The van der Waals surface area contributed by atoms with Crippen molar-refractivity contribution < 1.29 is 9.90 Å². The Bertz CT molecular complexity index is 397. The zero-order valence-corrected chi connectivity index (χ0v) is 9.91. The molecule has 4 nitrogen and oxygen atoms in total. The van der Waals surface area contributed by atoms with Gasteiger partial charge in [-0.25, -0.2) is 9.78 Å². The molecule has 1 unspecified atom stereocenters. The van der Waals surface area contributed by atoms with Crippen molar-refractivity contribution in [3.05, 3.63) is 23.9 Å². The molecule has 1 N–H and O–H groups in total. The smallest absolute Gasteiger partial charge is 0.338 e. The molecule has 2 rings (SSSR count). The summed E-state index contributed by atoms with van der Waals surface area (Å²) < 4.78 is 0. The lowest BCUT2D eigenvalue weighted by Gasteiger charge is -2.10. The van der Waals surface area contributed by atoms with E-state index in [9.17, 15) is 4.79 Å². The highest BCUT2D eigenvalue weighted by molar-refractivity contribution is 8.00. The van der Waals surface area contributed by atoms with E-state index in [0.717, 1.165) is 19.5 Å². The first-order valence-corrected chi connectivity index (χ1v) is 6.08. The normalized spacial score (nSPS) is 21.2. The molecule has 0 aliphatic carbocycles. The Hall–Kier alpha value is -1.07. The van der Waals surface area contributed by atoms with Gasteiger partial charge in [0, 0.05) is 18.0 Å². The van der Waals surface area contributed by atoms with Crippen LogP contribution >= 0.6 is 11.8 Å². The van der Waals surface area contributed by atoms with Gasteiger partial charge in [0.05, 0.1) is 5.56 Å². The van der Waals surface area contributed by atoms with Crippen LogP contribution in [0.25, 0.3) is 0 Å².